The molecule has 0 fully saturated rings. The number of para-hydroxylation sites is 1. The predicted octanol–water partition coefficient (Wildman–Crippen LogP) is 1.99. The van der Waals surface area contributed by atoms with E-state index in [0.717, 1.165) is 19.4 Å². The number of nitrogens with one attached hydrogen (secondary N) is 2. The highest BCUT2D eigenvalue weighted by molar-refractivity contribution is 5.89. The van der Waals surface area contributed by atoms with Gasteiger partial charge in [0.2, 0.25) is 5.82 Å². The molecule has 0 aliphatic heterocycles. The summed E-state index contributed by atoms with van der Waals surface area (Å²) in [5, 5.41) is 3.62. The molecule has 2 aromatic rings. The van der Waals surface area contributed by atoms with Crippen molar-refractivity contribution in [2.24, 2.45) is 0 Å². The van der Waals surface area contributed by atoms with E-state index in [2.05, 4.69) is 29.4 Å². The summed E-state index contributed by atoms with van der Waals surface area (Å²) in [5.74, 6) is -0.860. The van der Waals surface area contributed by atoms with Crippen LogP contribution in [-0.4, -0.2) is 37.2 Å². The molecule has 0 radical (unpaired) electrons. The Morgan fingerprint density at radius 2 is 1.82 bits per heavy atom. The molecule has 0 saturated carbocycles. The van der Waals surface area contributed by atoms with Gasteiger partial charge in [-0.3, -0.25) is 0 Å². The fourth-order valence-corrected chi connectivity index (χ4v) is 2.15. The van der Waals surface area contributed by atoms with Gasteiger partial charge in [-0.15, -0.1) is 0 Å². The third-order valence-corrected chi connectivity index (χ3v) is 3.25. The molecule has 2 N–H and O–H groups in total. The van der Waals surface area contributed by atoms with Crippen LogP contribution in [-0.2, 0) is 6.18 Å². The first-order valence-electron chi connectivity index (χ1n) is 7.25. The SMILES string of the molecule is C[NH+](C)CCCCNc1nc(C(F)(F)F)nc2ccccc12. The largest absolute Gasteiger partial charge is 0.451 e. The van der Waals surface area contributed by atoms with Crippen LogP contribution in [0.2, 0.25) is 0 Å². The van der Waals surface area contributed by atoms with E-state index in [-0.39, 0.29) is 5.82 Å². The van der Waals surface area contributed by atoms with Gasteiger partial charge in [0, 0.05) is 11.9 Å². The van der Waals surface area contributed by atoms with E-state index in [0.29, 0.717) is 17.4 Å². The van der Waals surface area contributed by atoms with Gasteiger partial charge in [-0.1, -0.05) is 12.1 Å². The Morgan fingerprint density at radius 3 is 2.50 bits per heavy atom. The van der Waals surface area contributed by atoms with Crippen molar-refractivity contribution in [2.75, 3.05) is 32.5 Å². The van der Waals surface area contributed by atoms with E-state index in [1.54, 1.807) is 24.3 Å². The molecule has 0 aliphatic rings. The summed E-state index contributed by atoms with van der Waals surface area (Å²) in [7, 11) is 4.14. The van der Waals surface area contributed by atoms with Gasteiger partial charge in [-0.2, -0.15) is 13.2 Å². The van der Waals surface area contributed by atoms with Gasteiger partial charge in [0.1, 0.15) is 5.82 Å². The Morgan fingerprint density at radius 1 is 1.09 bits per heavy atom. The number of alkyl halides is 3. The number of fused-ring (bicyclic) bond motifs is 1. The second-order valence-electron chi connectivity index (χ2n) is 5.50. The molecule has 1 aromatic heterocycles. The Labute approximate surface area is 127 Å². The van der Waals surface area contributed by atoms with Gasteiger partial charge >= 0.3 is 6.18 Å². The minimum absolute atomic E-state index is 0.245. The minimum atomic E-state index is -4.55. The van der Waals surface area contributed by atoms with Crippen LogP contribution in [0.3, 0.4) is 0 Å². The number of aromatic nitrogens is 2. The Balaban J connectivity index is 2.16. The standard InChI is InChI=1S/C15H19F3N4/c1-22(2)10-6-5-9-19-13-11-7-3-4-8-12(11)20-14(21-13)15(16,17)18/h3-4,7-8H,5-6,9-10H2,1-2H3,(H,19,20,21)/p+1. The van der Waals surface area contributed by atoms with Crippen molar-refractivity contribution in [3.8, 4) is 0 Å². The van der Waals surface area contributed by atoms with E-state index in [1.807, 2.05) is 0 Å². The Hall–Kier alpha value is -1.89. The summed E-state index contributed by atoms with van der Waals surface area (Å²) in [4.78, 5) is 8.60. The molecule has 0 atom stereocenters. The summed E-state index contributed by atoms with van der Waals surface area (Å²) in [6, 6.07) is 6.72. The number of hydrogen-bond donors (Lipinski definition) is 2. The van der Waals surface area contributed by atoms with Crippen molar-refractivity contribution >= 4 is 16.7 Å². The molecular formula is C15H20F3N4+. The molecule has 120 valence electrons. The van der Waals surface area contributed by atoms with Gasteiger partial charge in [0.25, 0.3) is 0 Å². The van der Waals surface area contributed by atoms with Gasteiger partial charge in [-0.25, -0.2) is 9.97 Å². The molecule has 0 amide bonds. The lowest BCUT2D eigenvalue weighted by Gasteiger charge is -2.12. The first kappa shape index (κ1) is 16.5. The minimum Gasteiger partial charge on any atom is -0.369 e. The second kappa shape index (κ2) is 6.91. The first-order chi connectivity index (χ1) is 10.4. The number of hydrogen-bond acceptors (Lipinski definition) is 3. The van der Waals surface area contributed by atoms with Crippen LogP contribution in [0.4, 0.5) is 19.0 Å². The van der Waals surface area contributed by atoms with E-state index in [9.17, 15) is 13.2 Å². The number of quaternary nitrogens is 1. The third-order valence-electron chi connectivity index (χ3n) is 3.25. The molecule has 0 unspecified atom stereocenters. The summed E-state index contributed by atoms with van der Waals surface area (Å²) in [6.45, 7) is 1.62. The maximum absolute atomic E-state index is 12.9. The molecule has 0 spiro atoms. The van der Waals surface area contributed by atoms with Gasteiger partial charge < -0.3 is 10.2 Å². The van der Waals surface area contributed by atoms with Crippen molar-refractivity contribution in [3.05, 3.63) is 30.1 Å². The fourth-order valence-electron chi connectivity index (χ4n) is 2.15. The second-order valence-corrected chi connectivity index (χ2v) is 5.50. The molecule has 0 bridgehead atoms. The molecular weight excluding hydrogens is 293 g/mol. The Bertz CT molecular complexity index is 626. The number of benzene rings is 1. The zero-order chi connectivity index (χ0) is 16.2. The molecule has 0 saturated heterocycles. The van der Waals surface area contributed by atoms with E-state index < -0.39 is 12.0 Å². The summed E-state index contributed by atoms with van der Waals surface area (Å²) in [6.07, 6.45) is -2.66. The molecule has 4 nitrogen and oxygen atoms in total. The molecule has 7 heteroatoms. The zero-order valence-electron chi connectivity index (χ0n) is 12.7. The van der Waals surface area contributed by atoms with Crippen molar-refractivity contribution in [1.29, 1.82) is 0 Å². The lowest BCUT2D eigenvalue weighted by Crippen LogP contribution is -3.05. The topological polar surface area (TPSA) is 42.2 Å². The fraction of sp³-hybridized carbons (Fsp3) is 0.467. The highest BCUT2D eigenvalue weighted by atomic mass is 19.4. The van der Waals surface area contributed by atoms with Crippen LogP contribution in [0.1, 0.15) is 18.7 Å². The third kappa shape index (κ3) is 4.30. The number of nitrogens with zero attached hydrogens (tertiary/aromatic N) is 2. The van der Waals surface area contributed by atoms with E-state index in [1.165, 1.54) is 4.90 Å². The maximum Gasteiger partial charge on any atom is 0.451 e. The molecule has 0 aliphatic carbocycles. The quantitative estimate of drug-likeness (QED) is 0.802. The zero-order valence-corrected chi connectivity index (χ0v) is 12.7. The van der Waals surface area contributed by atoms with Crippen molar-refractivity contribution < 1.29 is 18.1 Å². The number of anilines is 1. The molecule has 2 rings (SSSR count). The van der Waals surface area contributed by atoms with Crippen molar-refractivity contribution in [2.45, 2.75) is 19.0 Å². The summed E-state index contributed by atoms with van der Waals surface area (Å²) >= 11 is 0. The Kier molecular flexibility index (Phi) is 5.18. The summed E-state index contributed by atoms with van der Waals surface area (Å²) < 4.78 is 38.6. The smallest absolute Gasteiger partial charge is 0.369 e. The predicted molar refractivity (Wildman–Crippen MR) is 79.9 cm³/mol. The van der Waals surface area contributed by atoms with E-state index >= 15 is 0 Å². The lowest BCUT2D eigenvalue weighted by molar-refractivity contribution is -0.858. The normalized spacial score (nSPS) is 12.1. The number of unbranched alkanes of at least 4 members (excludes halogenated alkanes) is 1. The van der Waals surface area contributed by atoms with Crippen molar-refractivity contribution in [1.82, 2.24) is 9.97 Å². The molecule has 1 heterocycles. The molecule has 22 heavy (non-hydrogen) atoms. The van der Waals surface area contributed by atoms with Crippen LogP contribution >= 0.6 is 0 Å². The van der Waals surface area contributed by atoms with Gasteiger partial charge in [0.15, 0.2) is 0 Å². The maximum atomic E-state index is 12.9. The lowest BCUT2D eigenvalue weighted by atomic mass is 10.2. The van der Waals surface area contributed by atoms with E-state index in [4.69, 9.17) is 0 Å². The van der Waals surface area contributed by atoms with Gasteiger partial charge in [-0.05, 0) is 25.0 Å². The van der Waals surface area contributed by atoms with Crippen LogP contribution in [0.5, 0.6) is 0 Å². The average molecular weight is 313 g/mol. The number of halogens is 3. The highest BCUT2D eigenvalue weighted by Crippen LogP contribution is 2.30. The van der Waals surface area contributed by atoms with Crippen LogP contribution in [0, 0.1) is 0 Å². The van der Waals surface area contributed by atoms with Crippen LogP contribution in [0.15, 0.2) is 24.3 Å². The van der Waals surface area contributed by atoms with Crippen molar-refractivity contribution in [3.63, 3.8) is 0 Å². The summed E-state index contributed by atoms with van der Waals surface area (Å²) in [5.41, 5.74) is 0.296. The van der Waals surface area contributed by atoms with Crippen LogP contribution < -0.4 is 10.2 Å². The highest BCUT2D eigenvalue weighted by Gasteiger charge is 2.35. The first-order valence-corrected chi connectivity index (χ1v) is 7.25. The average Bonchev–Trinajstić information content (AvgIpc) is 2.45. The van der Waals surface area contributed by atoms with Gasteiger partial charge in [0.05, 0.1) is 26.2 Å². The number of rotatable bonds is 6. The molecule has 1 aromatic carbocycles. The van der Waals surface area contributed by atoms with Crippen LogP contribution in [0.25, 0.3) is 10.9 Å². The monoisotopic (exact) mass is 313 g/mol.